The number of carbonyl (C=O) groups is 2. The van der Waals surface area contributed by atoms with Crippen LogP contribution in [-0.2, 0) is 32.7 Å². The van der Waals surface area contributed by atoms with E-state index in [1.807, 2.05) is 0 Å². The highest BCUT2D eigenvalue weighted by atomic mass is 31.2. The predicted molar refractivity (Wildman–Crippen MR) is 231 cm³/mol. The highest BCUT2D eigenvalue weighted by Gasteiger charge is 2.27. The van der Waals surface area contributed by atoms with Crippen LogP contribution in [0.3, 0.4) is 0 Å². The van der Waals surface area contributed by atoms with Gasteiger partial charge in [0.25, 0.3) is 0 Å². The van der Waals surface area contributed by atoms with E-state index in [-0.39, 0.29) is 13.0 Å². The Bertz CT molecular complexity index is 1120. The van der Waals surface area contributed by atoms with Gasteiger partial charge in [-0.3, -0.25) is 18.6 Å². The lowest BCUT2D eigenvalue weighted by molar-refractivity contribution is -0.154. The van der Waals surface area contributed by atoms with Crippen molar-refractivity contribution < 1.29 is 42.7 Å². The van der Waals surface area contributed by atoms with Crippen molar-refractivity contribution >= 4 is 19.8 Å². The van der Waals surface area contributed by atoms with Crippen LogP contribution in [-0.4, -0.2) is 60.5 Å². The Morgan fingerprint density at radius 3 is 1.55 bits per heavy atom. The molecule has 56 heavy (non-hydrogen) atoms. The van der Waals surface area contributed by atoms with Crippen molar-refractivity contribution in [2.45, 2.75) is 187 Å². The maximum Gasteiger partial charge on any atom is 0.472 e. The molecule has 0 amide bonds. The zero-order chi connectivity index (χ0) is 41.2. The topological polar surface area (TPSA) is 155 Å². The molecular formula is C45H80NO9P. The molecule has 3 atom stereocenters. The second-order valence-electron chi connectivity index (χ2n) is 14.4. The molecule has 0 aromatic heterocycles. The summed E-state index contributed by atoms with van der Waals surface area (Å²) in [6, 6.07) is -1.48. The van der Waals surface area contributed by atoms with Gasteiger partial charge in [0.15, 0.2) is 0 Å². The Balaban J connectivity index is 4.28. The van der Waals surface area contributed by atoms with Crippen LogP contribution in [0, 0.1) is 0 Å². The van der Waals surface area contributed by atoms with E-state index in [1.54, 1.807) is 0 Å². The molecule has 3 unspecified atom stereocenters. The number of rotatable bonds is 41. The molecule has 0 aromatic rings. The average molecular weight is 810 g/mol. The predicted octanol–water partition coefficient (Wildman–Crippen LogP) is 12.0. The van der Waals surface area contributed by atoms with Crippen LogP contribution in [0.15, 0.2) is 60.8 Å². The molecule has 11 heteroatoms. The summed E-state index contributed by atoms with van der Waals surface area (Å²) in [5.74, 6) is -1.80. The van der Waals surface area contributed by atoms with E-state index in [2.05, 4.69) is 74.6 Å². The second-order valence-corrected chi connectivity index (χ2v) is 15.9. The third-order valence-corrected chi connectivity index (χ3v) is 9.98. The number of unbranched alkanes of at least 4 members (excludes halogenated alkanes) is 17. The standard InChI is InChI=1S/C45H80NO9P/c1-3-5-7-9-11-13-15-17-19-21-22-24-26-28-30-32-34-36-38-52-39-42(40-53-56(50,51)54-41-43(46)45(48)49)55-44(47)37-35-33-31-29-27-25-23-20-18-16-14-12-10-8-6-4-2/h5,7,11,13-14,16-17,19-20,23,42-43H,3-4,6,8-10,12,15,18,21-22,24-41,46H2,1-2H3,(H,48,49)(H,50,51)/b7-5-,13-11-,16-14-,19-17-,23-20-. The first-order valence-corrected chi connectivity index (χ1v) is 23.3. The van der Waals surface area contributed by atoms with Gasteiger partial charge in [0.05, 0.1) is 19.8 Å². The van der Waals surface area contributed by atoms with E-state index < -0.39 is 45.1 Å². The van der Waals surface area contributed by atoms with Crippen molar-refractivity contribution in [1.82, 2.24) is 0 Å². The van der Waals surface area contributed by atoms with Gasteiger partial charge in [0.2, 0.25) is 0 Å². The second kappa shape index (κ2) is 40.9. The third kappa shape index (κ3) is 39.9. The van der Waals surface area contributed by atoms with E-state index in [0.717, 1.165) is 83.5 Å². The summed E-state index contributed by atoms with van der Waals surface area (Å²) < 4.78 is 33.3. The Kier molecular flexibility index (Phi) is 39.2. The smallest absolute Gasteiger partial charge is 0.472 e. The molecule has 10 nitrogen and oxygen atoms in total. The molecule has 0 spiro atoms. The summed E-state index contributed by atoms with van der Waals surface area (Å²) in [7, 11) is -4.62. The van der Waals surface area contributed by atoms with Gasteiger partial charge >= 0.3 is 19.8 Å². The molecule has 0 aliphatic rings. The molecule has 0 radical (unpaired) electrons. The molecule has 4 N–H and O–H groups in total. The van der Waals surface area contributed by atoms with Gasteiger partial charge in [-0.1, -0.05) is 152 Å². The van der Waals surface area contributed by atoms with Crippen molar-refractivity contribution in [3.8, 4) is 0 Å². The van der Waals surface area contributed by atoms with Crippen LogP contribution in [0.4, 0.5) is 0 Å². The molecule has 0 saturated carbocycles. The summed E-state index contributed by atoms with van der Waals surface area (Å²) in [6.07, 6.45) is 48.4. The van der Waals surface area contributed by atoms with Gasteiger partial charge in [0, 0.05) is 13.0 Å². The lowest BCUT2D eigenvalue weighted by Crippen LogP contribution is -2.34. The largest absolute Gasteiger partial charge is 0.480 e. The number of phosphoric ester groups is 1. The molecule has 0 aromatic carbocycles. The maximum atomic E-state index is 12.6. The van der Waals surface area contributed by atoms with Crippen molar-refractivity contribution in [2.24, 2.45) is 5.73 Å². The average Bonchev–Trinajstić information content (AvgIpc) is 3.18. The first-order valence-electron chi connectivity index (χ1n) is 21.8. The zero-order valence-electron chi connectivity index (χ0n) is 35.2. The number of hydrogen-bond donors (Lipinski definition) is 3. The van der Waals surface area contributed by atoms with Crippen molar-refractivity contribution in [2.75, 3.05) is 26.4 Å². The summed E-state index contributed by atoms with van der Waals surface area (Å²) in [5.41, 5.74) is 5.35. The van der Waals surface area contributed by atoms with Crippen LogP contribution < -0.4 is 5.73 Å². The summed E-state index contributed by atoms with van der Waals surface area (Å²) in [6.45, 7) is 3.71. The van der Waals surface area contributed by atoms with Gasteiger partial charge in [-0.2, -0.15) is 0 Å². The van der Waals surface area contributed by atoms with Gasteiger partial charge in [-0.25, -0.2) is 4.57 Å². The Morgan fingerprint density at radius 1 is 0.589 bits per heavy atom. The third-order valence-electron chi connectivity index (χ3n) is 9.03. The van der Waals surface area contributed by atoms with E-state index in [9.17, 15) is 19.0 Å². The van der Waals surface area contributed by atoms with Crippen LogP contribution in [0.25, 0.3) is 0 Å². The fourth-order valence-electron chi connectivity index (χ4n) is 5.65. The summed E-state index contributed by atoms with van der Waals surface area (Å²) in [4.78, 5) is 33.5. The Morgan fingerprint density at radius 2 is 1.04 bits per heavy atom. The molecule has 0 heterocycles. The molecule has 0 bridgehead atoms. The Labute approximate surface area is 341 Å². The highest BCUT2D eigenvalue weighted by Crippen LogP contribution is 2.43. The van der Waals surface area contributed by atoms with Crippen molar-refractivity contribution in [3.63, 3.8) is 0 Å². The summed E-state index contributed by atoms with van der Waals surface area (Å²) in [5, 5.41) is 8.90. The number of allylic oxidation sites excluding steroid dienone is 10. The van der Waals surface area contributed by atoms with E-state index in [0.29, 0.717) is 13.0 Å². The number of carboxylic acids is 1. The fourth-order valence-corrected chi connectivity index (χ4v) is 6.43. The number of esters is 1. The quantitative estimate of drug-likeness (QED) is 0.0235. The van der Waals surface area contributed by atoms with E-state index in [4.69, 9.17) is 29.4 Å². The van der Waals surface area contributed by atoms with E-state index >= 15 is 0 Å². The van der Waals surface area contributed by atoms with Crippen LogP contribution in [0.2, 0.25) is 0 Å². The first kappa shape index (κ1) is 53.7. The fraction of sp³-hybridized carbons (Fsp3) is 0.733. The number of aliphatic carboxylic acids is 1. The molecule has 0 saturated heterocycles. The number of ether oxygens (including phenoxy) is 2. The first-order chi connectivity index (χ1) is 27.2. The van der Waals surface area contributed by atoms with E-state index in [1.165, 1.54) is 64.2 Å². The van der Waals surface area contributed by atoms with Gasteiger partial charge in [-0.05, 0) is 77.0 Å². The lowest BCUT2D eigenvalue weighted by atomic mass is 10.1. The van der Waals surface area contributed by atoms with Crippen LogP contribution in [0.1, 0.15) is 174 Å². The number of nitrogens with two attached hydrogens (primary N) is 1. The molecule has 0 rings (SSSR count). The van der Waals surface area contributed by atoms with Gasteiger partial charge < -0.3 is 25.2 Å². The van der Waals surface area contributed by atoms with Gasteiger partial charge in [0.1, 0.15) is 12.1 Å². The SMILES string of the molecule is CC/C=C\C/C=C\C/C=C\CCCCCCCCCCOCC(COP(=O)(O)OCC(N)C(=O)O)OC(=O)CCCCCCC/C=C\C/C=C\CCCCCC. The minimum Gasteiger partial charge on any atom is -0.480 e. The lowest BCUT2D eigenvalue weighted by Gasteiger charge is -2.20. The van der Waals surface area contributed by atoms with Crippen molar-refractivity contribution in [3.05, 3.63) is 60.8 Å². The molecule has 0 aliphatic heterocycles. The number of carbonyl (C=O) groups excluding carboxylic acids is 1. The maximum absolute atomic E-state index is 12.6. The minimum atomic E-state index is -4.62. The van der Waals surface area contributed by atoms with Gasteiger partial charge in [-0.15, -0.1) is 0 Å². The highest BCUT2D eigenvalue weighted by molar-refractivity contribution is 7.47. The van der Waals surface area contributed by atoms with Crippen LogP contribution in [0.5, 0.6) is 0 Å². The minimum absolute atomic E-state index is 0.00365. The number of hydrogen-bond acceptors (Lipinski definition) is 8. The Hall–Kier alpha value is -2.33. The van der Waals surface area contributed by atoms with Crippen LogP contribution >= 0.6 is 7.82 Å². The summed E-state index contributed by atoms with van der Waals surface area (Å²) >= 11 is 0. The molecule has 0 aliphatic carbocycles. The number of phosphoric acid groups is 1. The zero-order valence-corrected chi connectivity index (χ0v) is 36.1. The monoisotopic (exact) mass is 810 g/mol. The normalized spacial score (nSPS) is 14.5. The van der Waals surface area contributed by atoms with Crippen molar-refractivity contribution in [1.29, 1.82) is 0 Å². The number of carboxylic acid groups (broad SMARTS) is 1. The molecule has 324 valence electrons. The molecule has 0 fully saturated rings. The molecular weight excluding hydrogens is 729 g/mol.